The van der Waals surface area contributed by atoms with E-state index in [2.05, 4.69) is 25.1 Å². The number of hydrogen-bond donors (Lipinski definition) is 2. The molecule has 204 valence electrons. The number of nitrogens with zero attached hydrogens (tertiary/aromatic N) is 2. The highest BCUT2D eigenvalue weighted by Gasteiger charge is 2.54. The Morgan fingerprint density at radius 1 is 0.975 bits per heavy atom. The summed E-state index contributed by atoms with van der Waals surface area (Å²) in [6, 6.07) is 23.9. The van der Waals surface area contributed by atoms with Crippen LogP contribution in [-0.4, -0.2) is 25.9 Å². The molecule has 0 saturated heterocycles. The molecule has 0 amide bonds. The Morgan fingerprint density at radius 2 is 1.75 bits per heavy atom. The molecule has 1 aromatic heterocycles. The van der Waals surface area contributed by atoms with Crippen LogP contribution in [-0.2, 0) is 6.42 Å². The highest BCUT2D eigenvalue weighted by atomic mass is 35.5. The van der Waals surface area contributed by atoms with Crippen molar-refractivity contribution in [1.82, 2.24) is 9.55 Å². The van der Waals surface area contributed by atoms with Crippen molar-refractivity contribution in [3.05, 3.63) is 93.7 Å². The molecule has 5 atom stereocenters. The molecule has 4 aromatic rings. The van der Waals surface area contributed by atoms with Crippen molar-refractivity contribution in [2.24, 2.45) is 17.3 Å². The average Bonchev–Trinajstić information content (AvgIpc) is 3.27. The summed E-state index contributed by atoms with van der Waals surface area (Å²) in [7, 11) is 0. The average molecular weight is 569 g/mol. The number of aromatic nitrogens is 2. The molecule has 3 aromatic carbocycles. The predicted octanol–water partition coefficient (Wildman–Crippen LogP) is 8.51. The molecule has 1 heterocycles. The molecule has 0 radical (unpaired) electrons. The lowest BCUT2D eigenvalue weighted by Gasteiger charge is -2.50. The van der Waals surface area contributed by atoms with Crippen molar-refractivity contribution < 1.29 is 10.2 Å². The summed E-state index contributed by atoms with van der Waals surface area (Å²) in [5.41, 5.74) is 6.83. The van der Waals surface area contributed by atoms with Crippen molar-refractivity contribution in [3.8, 4) is 34.0 Å². The minimum absolute atomic E-state index is 0.0382. The summed E-state index contributed by atoms with van der Waals surface area (Å²) >= 11 is 12.1. The number of aliphatic hydroxyl groups is 1. The molecule has 7 rings (SSSR count). The van der Waals surface area contributed by atoms with Gasteiger partial charge in [-0.25, -0.2) is 4.98 Å². The van der Waals surface area contributed by atoms with Gasteiger partial charge in [-0.2, -0.15) is 0 Å². The van der Waals surface area contributed by atoms with Gasteiger partial charge in [-0.3, -0.25) is 4.57 Å². The van der Waals surface area contributed by atoms with Gasteiger partial charge < -0.3 is 10.2 Å². The molecule has 0 aliphatic heterocycles. The Kier molecular flexibility index (Phi) is 6.38. The van der Waals surface area contributed by atoms with E-state index in [-0.39, 0.29) is 17.3 Å². The number of fused-ring (bicyclic) bond motifs is 5. The fraction of sp³-hybridized carbons (Fsp3) is 0.353. The molecule has 4 nitrogen and oxygen atoms in total. The SMILES string of the molecule is C[C@]12CC[C@@H]3c4cc(-c5cc(-c6ccccc6)n(-c6ccc(Cl)cc6)c(=S)n5)c(O)cc4CC[C@H]3[C@@H]1CC[C@@H]2O. The summed E-state index contributed by atoms with van der Waals surface area (Å²) in [6.07, 6.45) is 6.07. The molecule has 2 saturated carbocycles. The summed E-state index contributed by atoms with van der Waals surface area (Å²) in [5.74, 6) is 1.83. The van der Waals surface area contributed by atoms with Crippen LogP contribution in [0, 0.1) is 22.0 Å². The van der Waals surface area contributed by atoms with E-state index in [0.717, 1.165) is 61.0 Å². The number of aliphatic hydroxyl groups excluding tert-OH is 1. The lowest BCUT2D eigenvalue weighted by atomic mass is 9.55. The van der Waals surface area contributed by atoms with Crippen LogP contribution in [0.5, 0.6) is 5.75 Å². The summed E-state index contributed by atoms with van der Waals surface area (Å²) in [5, 5.41) is 22.7. The third-order valence-corrected chi connectivity index (χ3v) is 10.7. The number of phenolic OH excluding ortho intramolecular Hbond substituents is 1. The van der Waals surface area contributed by atoms with Crippen molar-refractivity contribution in [1.29, 1.82) is 0 Å². The largest absolute Gasteiger partial charge is 0.507 e. The molecular formula is C34H33ClN2O2S. The summed E-state index contributed by atoms with van der Waals surface area (Å²) < 4.78 is 2.38. The molecule has 6 heteroatoms. The molecule has 0 unspecified atom stereocenters. The van der Waals surface area contributed by atoms with Crippen LogP contribution in [0.2, 0.25) is 5.02 Å². The molecule has 40 heavy (non-hydrogen) atoms. The number of benzene rings is 3. The van der Waals surface area contributed by atoms with Gasteiger partial charge in [0.15, 0.2) is 0 Å². The standard InChI is InChI=1S/C34H33ClN2O2S/c1-34-16-15-24-25(28(34)13-14-32(34)39)12-7-21-17-31(38)27(18-26(21)24)29-19-30(20-5-3-2-4-6-20)37(33(40)36-29)23-10-8-22(35)9-11-23/h2-6,8-11,17-19,24-25,28,32,38-39H,7,12-16H2,1H3/t24-,25+,28-,32-,34-/m0/s1. The first-order chi connectivity index (χ1) is 19.3. The van der Waals surface area contributed by atoms with E-state index in [1.165, 1.54) is 11.1 Å². The zero-order valence-corrected chi connectivity index (χ0v) is 24.1. The normalized spacial score (nSPS) is 27.1. The van der Waals surface area contributed by atoms with Crippen LogP contribution in [0.3, 0.4) is 0 Å². The highest BCUT2D eigenvalue weighted by molar-refractivity contribution is 7.71. The van der Waals surface area contributed by atoms with Gasteiger partial charge in [0.05, 0.1) is 17.5 Å². The second-order valence-corrected chi connectivity index (χ2v) is 12.9. The maximum atomic E-state index is 11.3. The van der Waals surface area contributed by atoms with Crippen LogP contribution in [0.4, 0.5) is 0 Å². The van der Waals surface area contributed by atoms with Gasteiger partial charge in [0.2, 0.25) is 4.77 Å². The van der Waals surface area contributed by atoms with Crippen molar-refractivity contribution >= 4 is 23.8 Å². The second-order valence-electron chi connectivity index (χ2n) is 12.1. The number of aromatic hydroxyl groups is 1. The van der Waals surface area contributed by atoms with E-state index in [4.69, 9.17) is 28.8 Å². The third-order valence-electron chi connectivity index (χ3n) is 10.1. The number of rotatable bonds is 3. The first kappa shape index (κ1) is 25.9. The van der Waals surface area contributed by atoms with E-state index >= 15 is 0 Å². The zero-order chi connectivity index (χ0) is 27.6. The van der Waals surface area contributed by atoms with Gasteiger partial charge in [0.1, 0.15) is 5.75 Å². The number of aryl methyl sites for hydroxylation is 1. The Bertz CT molecular complexity index is 1650. The van der Waals surface area contributed by atoms with Crippen molar-refractivity contribution in [3.63, 3.8) is 0 Å². The summed E-state index contributed by atoms with van der Waals surface area (Å²) in [4.78, 5) is 4.87. The van der Waals surface area contributed by atoms with Crippen molar-refractivity contribution in [2.75, 3.05) is 0 Å². The van der Waals surface area contributed by atoms with Gasteiger partial charge in [0, 0.05) is 16.3 Å². The molecular weight excluding hydrogens is 536 g/mol. The fourth-order valence-electron chi connectivity index (χ4n) is 8.07. The van der Waals surface area contributed by atoms with E-state index in [0.29, 0.717) is 33.2 Å². The van der Waals surface area contributed by atoms with Crippen molar-refractivity contribution in [2.45, 2.75) is 57.5 Å². The molecule has 0 spiro atoms. The Labute approximate surface area is 245 Å². The first-order valence-corrected chi connectivity index (χ1v) is 15.1. The van der Waals surface area contributed by atoms with E-state index in [1.807, 2.05) is 59.2 Å². The smallest absolute Gasteiger partial charge is 0.205 e. The number of halogens is 1. The molecule has 2 fully saturated rings. The Hall–Kier alpha value is -2.99. The van der Waals surface area contributed by atoms with Crippen LogP contribution in [0.15, 0.2) is 72.8 Å². The van der Waals surface area contributed by atoms with Gasteiger partial charge >= 0.3 is 0 Å². The lowest BCUT2D eigenvalue weighted by Crippen LogP contribution is -2.43. The Balaban J connectivity index is 1.35. The molecule has 0 bridgehead atoms. The summed E-state index contributed by atoms with van der Waals surface area (Å²) in [6.45, 7) is 2.31. The number of phenols is 1. The maximum Gasteiger partial charge on any atom is 0.205 e. The van der Waals surface area contributed by atoms with Crippen LogP contribution in [0.25, 0.3) is 28.2 Å². The highest BCUT2D eigenvalue weighted by Crippen LogP contribution is 2.61. The fourth-order valence-corrected chi connectivity index (χ4v) is 8.50. The van der Waals surface area contributed by atoms with Crippen LogP contribution >= 0.6 is 23.8 Å². The zero-order valence-electron chi connectivity index (χ0n) is 22.6. The van der Waals surface area contributed by atoms with E-state index < -0.39 is 0 Å². The predicted molar refractivity (Wildman–Crippen MR) is 163 cm³/mol. The Morgan fingerprint density at radius 3 is 2.52 bits per heavy atom. The van der Waals surface area contributed by atoms with Gasteiger partial charge in [-0.15, -0.1) is 0 Å². The lowest BCUT2D eigenvalue weighted by molar-refractivity contribution is -0.0226. The van der Waals surface area contributed by atoms with Crippen LogP contribution < -0.4 is 0 Å². The molecule has 3 aliphatic rings. The minimum atomic E-state index is -0.182. The van der Waals surface area contributed by atoms with Crippen LogP contribution in [0.1, 0.15) is 56.1 Å². The maximum absolute atomic E-state index is 11.3. The minimum Gasteiger partial charge on any atom is -0.507 e. The van der Waals surface area contributed by atoms with E-state index in [9.17, 15) is 10.2 Å². The quantitative estimate of drug-likeness (QED) is 0.243. The topological polar surface area (TPSA) is 58.3 Å². The molecule has 3 aliphatic carbocycles. The third kappa shape index (κ3) is 4.13. The first-order valence-electron chi connectivity index (χ1n) is 14.3. The van der Waals surface area contributed by atoms with Gasteiger partial charge in [-0.05, 0) is 133 Å². The molecule has 2 N–H and O–H groups in total. The van der Waals surface area contributed by atoms with Gasteiger partial charge in [-0.1, -0.05) is 48.9 Å². The number of hydrogen-bond acceptors (Lipinski definition) is 4. The van der Waals surface area contributed by atoms with E-state index in [1.54, 1.807) is 0 Å². The van der Waals surface area contributed by atoms with Gasteiger partial charge in [0.25, 0.3) is 0 Å². The monoisotopic (exact) mass is 568 g/mol. The second kappa shape index (κ2) is 9.83.